The number of pyridine rings is 1. The minimum absolute atomic E-state index is 0.162. The van der Waals surface area contributed by atoms with E-state index in [0.29, 0.717) is 18.1 Å². The average molecular weight is 346 g/mol. The van der Waals surface area contributed by atoms with Gasteiger partial charge in [-0.15, -0.1) is 0 Å². The van der Waals surface area contributed by atoms with Gasteiger partial charge in [-0.25, -0.2) is 0 Å². The number of carbonyl (C=O) groups excluding carboxylic acids is 2. The van der Waals surface area contributed by atoms with Crippen molar-refractivity contribution >= 4 is 23.4 Å². The molecule has 2 amide bonds. The molecule has 0 spiro atoms. The van der Waals surface area contributed by atoms with Crippen LogP contribution in [0.5, 0.6) is 0 Å². The van der Waals surface area contributed by atoms with Gasteiger partial charge in [-0.1, -0.05) is 29.8 Å². The van der Waals surface area contributed by atoms with Gasteiger partial charge >= 0.3 is 0 Å². The lowest BCUT2D eigenvalue weighted by Gasteiger charge is -2.27. The summed E-state index contributed by atoms with van der Waals surface area (Å²) in [6.07, 6.45) is 1.67. The van der Waals surface area contributed by atoms with Crippen molar-refractivity contribution in [1.29, 1.82) is 0 Å². The molecule has 2 rings (SSSR count). The number of amides is 2. The molecule has 0 aliphatic carbocycles. The van der Waals surface area contributed by atoms with Gasteiger partial charge in [0.05, 0.1) is 12.2 Å². The first-order valence-electron chi connectivity index (χ1n) is 7.66. The summed E-state index contributed by atoms with van der Waals surface area (Å²) in [5, 5.41) is 3.45. The van der Waals surface area contributed by atoms with Gasteiger partial charge in [0.2, 0.25) is 11.8 Å². The van der Waals surface area contributed by atoms with E-state index in [1.54, 1.807) is 25.3 Å². The molecule has 2 aromatic rings. The smallest absolute Gasteiger partial charge is 0.242 e. The van der Waals surface area contributed by atoms with Crippen molar-refractivity contribution in [2.75, 3.05) is 0 Å². The molecule has 1 unspecified atom stereocenters. The zero-order chi connectivity index (χ0) is 17.5. The van der Waals surface area contributed by atoms with Crippen LogP contribution in [0.1, 0.15) is 25.1 Å². The van der Waals surface area contributed by atoms with Crippen molar-refractivity contribution in [2.45, 2.75) is 33.0 Å². The quantitative estimate of drug-likeness (QED) is 0.875. The number of carbonyl (C=O) groups is 2. The average Bonchev–Trinajstić information content (AvgIpc) is 2.59. The van der Waals surface area contributed by atoms with E-state index in [9.17, 15) is 9.59 Å². The Morgan fingerprint density at radius 1 is 1.21 bits per heavy atom. The highest BCUT2D eigenvalue weighted by molar-refractivity contribution is 6.30. The molecule has 0 radical (unpaired) electrons. The molecule has 1 aromatic carbocycles. The molecule has 0 fully saturated rings. The van der Waals surface area contributed by atoms with E-state index >= 15 is 0 Å². The highest BCUT2D eigenvalue weighted by Crippen LogP contribution is 2.13. The molecule has 126 valence electrons. The Bertz CT molecular complexity index is 689. The summed E-state index contributed by atoms with van der Waals surface area (Å²) in [5.41, 5.74) is 1.68. The van der Waals surface area contributed by atoms with Crippen molar-refractivity contribution in [3.8, 4) is 0 Å². The molecule has 1 N–H and O–H groups in total. The predicted molar refractivity (Wildman–Crippen MR) is 93.2 cm³/mol. The molecule has 6 heteroatoms. The van der Waals surface area contributed by atoms with Gasteiger partial charge in [-0.05, 0) is 36.8 Å². The van der Waals surface area contributed by atoms with E-state index < -0.39 is 6.04 Å². The van der Waals surface area contributed by atoms with Gasteiger partial charge < -0.3 is 10.2 Å². The van der Waals surface area contributed by atoms with Crippen LogP contribution in [0.15, 0.2) is 48.7 Å². The molecular weight excluding hydrogens is 326 g/mol. The Balaban J connectivity index is 1.99. The molecule has 1 aromatic heterocycles. The Kier molecular flexibility index (Phi) is 6.32. The van der Waals surface area contributed by atoms with Crippen LogP contribution in [0.3, 0.4) is 0 Å². The SMILES string of the molecule is CC(=O)N(Cc1ccc(Cl)cc1)C(C)C(=O)NCc1ccccn1. The highest BCUT2D eigenvalue weighted by Gasteiger charge is 2.23. The van der Waals surface area contributed by atoms with E-state index in [0.717, 1.165) is 11.3 Å². The van der Waals surface area contributed by atoms with Crippen LogP contribution in [0.25, 0.3) is 0 Å². The fourth-order valence-electron chi connectivity index (χ4n) is 2.28. The summed E-state index contributed by atoms with van der Waals surface area (Å²) < 4.78 is 0. The minimum Gasteiger partial charge on any atom is -0.349 e. The molecule has 0 saturated heterocycles. The maximum atomic E-state index is 12.4. The first-order valence-corrected chi connectivity index (χ1v) is 8.04. The summed E-state index contributed by atoms with van der Waals surface area (Å²) >= 11 is 5.87. The third-order valence-corrected chi connectivity index (χ3v) is 3.94. The van der Waals surface area contributed by atoms with Gasteiger partial charge in [-0.3, -0.25) is 14.6 Å². The molecule has 1 atom stereocenters. The standard InChI is InChI=1S/C18H20ClN3O2/c1-13(18(24)21-11-17-5-3-4-10-20-17)22(14(2)23)12-15-6-8-16(19)9-7-15/h3-10,13H,11-12H2,1-2H3,(H,21,24). The first-order chi connectivity index (χ1) is 11.5. The van der Waals surface area contributed by atoms with Gasteiger partial charge in [0.1, 0.15) is 6.04 Å². The van der Waals surface area contributed by atoms with E-state index in [-0.39, 0.29) is 11.8 Å². The van der Waals surface area contributed by atoms with Gasteiger partial charge in [0.15, 0.2) is 0 Å². The van der Waals surface area contributed by atoms with E-state index in [2.05, 4.69) is 10.3 Å². The molecule has 0 saturated carbocycles. The number of hydrogen-bond acceptors (Lipinski definition) is 3. The Labute approximate surface area is 146 Å². The maximum absolute atomic E-state index is 12.4. The first kappa shape index (κ1) is 17.9. The third kappa shape index (κ3) is 5.06. The normalized spacial score (nSPS) is 11.6. The van der Waals surface area contributed by atoms with Crippen LogP contribution in [0.2, 0.25) is 5.02 Å². The lowest BCUT2D eigenvalue weighted by molar-refractivity contribution is -0.139. The van der Waals surface area contributed by atoms with Crippen molar-refractivity contribution in [3.63, 3.8) is 0 Å². The number of aromatic nitrogens is 1. The molecule has 0 aliphatic rings. The lowest BCUT2D eigenvalue weighted by Crippen LogP contribution is -2.46. The zero-order valence-corrected chi connectivity index (χ0v) is 14.5. The second kappa shape index (κ2) is 8.45. The van der Waals surface area contributed by atoms with Crippen LogP contribution in [-0.2, 0) is 22.7 Å². The molecule has 0 bridgehead atoms. The van der Waals surface area contributed by atoms with Crippen molar-refractivity contribution in [3.05, 3.63) is 64.9 Å². The summed E-state index contributed by atoms with van der Waals surface area (Å²) in [5.74, 6) is -0.379. The number of hydrogen-bond donors (Lipinski definition) is 1. The Hall–Kier alpha value is -2.40. The largest absolute Gasteiger partial charge is 0.349 e. The fourth-order valence-corrected chi connectivity index (χ4v) is 2.40. The summed E-state index contributed by atoms with van der Waals surface area (Å²) in [7, 11) is 0. The topological polar surface area (TPSA) is 62.3 Å². The number of nitrogens with zero attached hydrogens (tertiary/aromatic N) is 2. The lowest BCUT2D eigenvalue weighted by atomic mass is 10.1. The zero-order valence-electron chi connectivity index (χ0n) is 13.7. The molecule has 0 aliphatic heterocycles. The highest BCUT2D eigenvalue weighted by atomic mass is 35.5. The van der Waals surface area contributed by atoms with Crippen LogP contribution in [0, 0.1) is 0 Å². The van der Waals surface area contributed by atoms with Gasteiger partial charge in [0.25, 0.3) is 0 Å². The second-order valence-electron chi connectivity index (χ2n) is 5.49. The third-order valence-electron chi connectivity index (χ3n) is 3.69. The van der Waals surface area contributed by atoms with Crippen LogP contribution < -0.4 is 5.32 Å². The number of nitrogens with one attached hydrogen (secondary N) is 1. The summed E-state index contributed by atoms with van der Waals surface area (Å²) in [4.78, 5) is 30.0. The Morgan fingerprint density at radius 3 is 2.50 bits per heavy atom. The second-order valence-corrected chi connectivity index (χ2v) is 5.92. The molecule has 5 nitrogen and oxygen atoms in total. The summed E-state index contributed by atoms with van der Waals surface area (Å²) in [6.45, 7) is 3.85. The Morgan fingerprint density at radius 2 is 1.92 bits per heavy atom. The van der Waals surface area contributed by atoms with Crippen LogP contribution >= 0.6 is 11.6 Å². The van der Waals surface area contributed by atoms with Crippen molar-refractivity contribution in [2.24, 2.45) is 0 Å². The maximum Gasteiger partial charge on any atom is 0.242 e. The predicted octanol–water partition coefficient (Wildman–Crippen LogP) is 2.79. The van der Waals surface area contributed by atoms with Gasteiger partial charge in [-0.2, -0.15) is 0 Å². The minimum atomic E-state index is -0.582. The van der Waals surface area contributed by atoms with Crippen LogP contribution in [-0.4, -0.2) is 27.7 Å². The molecule has 1 heterocycles. The van der Waals surface area contributed by atoms with Crippen molar-refractivity contribution < 1.29 is 9.59 Å². The van der Waals surface area contributed by atoms with E-state index in [4.69, 9.17) is 11.6 Å². The fraction of sp³-hybridized carbons (Fsp3) is 0.278. The van der Waals surface area contributed by atoms with E-state index in [1.807, 2.05) is 30.3 Å². The van der Waals surface area contributed by atoms with E-state index in [1.165, 1.54) is 11.8 Å². The number of rotatable bonds is 6. The number of halogens is 1. The summed E-state index contributed by atoms with van der Waals surface area (Å²) in [6, 6.07) is 12.1. The molecular formula is C18H20ClN3O2. The van der Waals surface area contributed by atoms with Crippen LogP contribution in [0.4, 0.5) is 0 Å². The number of benzene rings is 1. The van der Waals surface area contributed by atoms with Gasteiger partial charge in [0, 0.05) is 24.7 Å². The molecule has 24 heavy (non-hydrogen) atoms. The monoisotopic (exact) mass is 345 g/mol. The van der Waals surface area contributed by atoms with Crippen molar-refractivity contribution in [1.82, 2.24) is 15.2 Å².